The zero-order chi connectivity index (χ0) is 30.7. The van der Waals surface area contributed by atoms with E-state index in [-0.39, 0.29) is 37.4 Å². The number of benzene rings is 4. The molecule has 4 aromatic rings. The van der Waals surface area contributed by atoms with Crippen LogP contribution >= 0.6 is 11.6 Å². The number of halogens is 1. The van der Waals surface area contributed by atoms with Gasteiger partial charge < -0.3 is 10.2 Å². The second-order valence-electron chi connectivity index (χ2n) is 11.7. The number of carbonyl (C=O) groups is 2. The molecule has 0 spiro atoms. The Kier molecular flexibility index (Phi) is 8.91. The molecule has 1 aliphatic heterocycles. The number of anilines is 1. The molecule has 0 saturated heterocycles. The summed E-state index contributed by atoms with van der Waals surface area (Å²) in [5.41, 5.74) is 2.41. The van der Waals surface area contributed by atoms with Crippen LogP contribution in [0.5, 0.6) is 0 Å². The third kappa shape index (κ3) is 6.33. The molecule has 0 unspecified atom stereocenters. The summed E-state index contributed by atoms with van der Waals surface area (Å²) in [5.74, 6) is -0.375. The maximum absolute atomic E-state index is 14.1. The van der Waals surface area contributed by atoms with E-state index in [2.05, 4.69) is 5.32 Å². The van der Waals surface area contributed by atoms with Crippen LogP contribution in [0.25, 0.3) is 10.8 Å². The third-order valence-corrected chi connectivity index (χ3v) is 10.7. The van der Waals surface area contributed by atoms with Crippen LogP contribution in [0, 0.1) is 0 Å². The van der Waals surface area contributed by atoms with E-state index in [1.165, 1.54) is 4.31 Å². The normalized spacial score (nSPS) is 16.2. The fourth-order valence-electron chi connectivity index (χ4n) is 6.47. The largest absolute Gasteiger partial charge is 0.352 e. The summed E-state index contributed by atoms with van der Waals surface area (Å²) in [7, 11) is -3.72. The number of carbonyl (C=O) groups excluding carboxylic acids is 2. The molecule has 1 fully saturated rings. The molecule has 2 amide bonds. The first-order chi connectivity index (χ1) is 21.3. The first-order valence-corrected chi connectivity index (χ1v) is 17.1. The SMILES string of the molecule is O=C(NC1CCCC1)[C@H](Cc1ccccc1)N(Cc1cccc(Cl)c1)C(=O)CCCN1c2cccc3cccc(c23)S1(=O)=O. The second-order valence-corrected chi connectivity index (χ2v) is 13.9. The van der Waals surface area contributed by atoms with Crippen molar-refractivity contribution in [2.75, 3.05) is 10.8 Å². The summed E-state index contributed by atoms with van der Waals surface area (Å²) in [5, 5.41) is 5.36. The van der Waals surface area contributed by atoms with Crippen LogP contribution in [-0.4, -0.2) is 43.8 Å². The smallest absolute Gasteiger partial charge is 0.265 e. The minimum Gasteiger partial charge on any atom is -0.352 e. The molecular formula is C35H36ClN3O4S. The first kappa shape index (κ1) is 30.2. The molecule has 228 valence electrons. The van der Waals surface area contributed by atoms with Crippen molar-refractivity contribution in [1.29, 1.82) is 0 Å². The Morgan fingerprint density at radius 1 is 0.909 bits per heavy atom. The molecule has 0 bridgehead atoms. The monoisotopic (exact) mass is 629 g/mol. The first-order valence-electron chi connectivity index (χ1n) is 15.2. The molecular weight excluding hydrogens is 594 g/mol. The third-order valence-electron chi connectivity index (χ3n) is 8.65. The van der Waals surface area contributed by atoms with E-state index in [9.17, 15) is 18.0 Å². The van der Waals surface area contributed by atoms with Crippen LogP contribution < -0.4 is 9.62 Å². The van der Waals surface area contributed by atoms with Gasteiger partial charge in [-0.3, -0.25) is 13.9 Å². The molecule has 6 rings (SSSR count). The highest BCUT2D eigenvalue weighted by atomic mass is 35.5. The number of nitrogens with zero attached hydrogens (tertiary/aromatic N) is 2. The molecule has 1 atom stereocenters. The van der Waals surface area contributed by atoms with Crippen LogP contribution in [0.2, 0.25) is 5.02 Å². The molecule has 1 aliphatic carbocycles. The number of hydrogen-bond acceptors (Lipinski definition) is 4. The van der Waals surface area contributed by atoms with Gasteiger partial charge in [-0.25, -0.2) is 8.42 Å². The topological polar surface area (TPSA) is 86.8 Å². The van der Waals surface area contributed by atoms with Gasteiger partial charge >= 0.3 is 0 Å². The Labute approximate surface area is 263 Å². The molecule has 7 nitrogen and oxygen atoms in total. The van der Waals surface area contributed by atoms with E-state index < -0.39 is 16.1 Å². The molecule has 2 aliphatic rings. The van der Waals surface area contributed by atoms with Crippen LogP contribution in [-0.2, 0) is 32.6 Å². The lowest BCUT2D eigenvalue weighted by Crippen LogP contribution is -2.52. The Hall–Kier alpha value is -3.88. The zero-order valence-electron chi connectivity index (χ0n) is 24.5. The fraction of sp³-hybridized carbons (Fsp3) is 0.314. The maximum atomic E-state index is 14.1. The molecule has 1 N–H and O–H groups in total. The molecule has 1 heterocycles. The van der Waals surface area contributed by atoms with E-state index >= 15 is 0 Å². The highest BCUT2D eigenvalue weighted by Gasteiger charge is 2.36. The number of nitrogens with one attached hydrogen (secondary N) is 1. The van der Waals surface area contributed by atoms with Crippen molar-refractivity contribution < 1.29 is 18.0 Å². The number of sulfonamides is 1. The summed E-state index contributed by atoms with van der Waals surface area (Å²) in [6, 6.07) is 27.3. The minimum absolute atomic E-state index is 0.0842. The molecule has 0 radical (unpaired) electrons. The molecule has 4 aromatic carbocycles. The van der Waals surface area contributed by atoms with Gasteiger partial charge in [0, 0.05) is 42.4 Å². The molecule has 9 heteroatoms. The van der Waals surface area contributed by atoms with Crippen LogP contribution in [0.3, 0.4) is 0 Å². The number of hydrogen-bond donors (Lipinski definition) is 1. The highest BCUT2D eigenvalue weighted by molar-refractivity contribution is 7.93. The van der Waals surface area contributed by atoms with Gasteiger partial charge in [-0.05, 0) is 60.0 Å². The van der Waals surface area contributed by atoms with Crippen molar-refractivity contribution in [3.8, 4) is 0 Å². The Morgan fingerprint density at radius 2 is 1.61 bits per heavy atom. The average molecular weight is 630 g/mol. The van der Waals surface area contributed by atoms with Crippen molar-refractivity contribution in [2.24, 2.45) is 0 Å². The van der Waals surface area contributed by atoms with Crippen molar-refractivity contribution in [2.45, 2.75) is 68.5 Å². The van der Waals surface area contributed by atoms with Gasteiger partial charge in [0.1, 0.15) is 6.04 Å². The van der Waals surface area contributed by atoms with E-state index in [4.69, 9.17) is 11.6 Å². The predicted molar refractivity (Wildman–Crippen MR) is 174 cm³/mol. The standard InChI is InChI=1S/C35H36ClN3O4S/c36-28-15-6-12-26(22-28)24-38(31(23-25-10-2-1-3-11-25)35(41)37-29-16-4-5-17-29)33(40)20-9-21-39-30-18-7-13-27-14-8-19-32(34(27)30)44(39,42)43/h1-3,6-8,10-15,18-19,22,29,31H,4-5,9,16-17,20-21,23-24H2,(H,37,41)/t31-/m0/s1. The highest BCUT2D eigenvalue weighted by Crippen LogP contribution is 2.42. The molecule has 44 heavy (non-hydrogen) atoms. The van der Waals surface area contributed by atoms with Gasteiger partial charge in [-0.1, -0.05) is 91.2 Å². The lowest BCUT2D eigenvalue weighted by Gasteiger charge is -2.32. The Bertz CT molecular complexity index is 1770. The summed E-state index contributed by atoms with van der Waals surface area (Å²) in [4.78, 5) is 29.9. The van der Waals surface area contributed by atoms with Crippen molar-refractivity contribution in [3.05, 3.63) is 107 Å². The van der Waals surface area contributed by atoms with E-state index in [1.807, 2.05) is 72.8 Å². The number of amides is 2. The second kappa shape index (κ2) is 13.0. The summed E-state index contributed by atoms with van der Waals surface area (Å²) in [6.07, 6.45) is 4.78. The van der Waals surface area contributed by atoms with Gasteiger partial charge in [0.25, 0.3) is 10.0 Å². The van der Waals surface area contributed by atoms with Gasteiger partial charge in [0.05, 0.1) is 10.6 Å². The van der Waals surface area contributed by atoms with Crippen LogP contribution in [0.4, 0.5) is 5.69 Å². The van der Waals surface area contributed by atoms with E-state index in [1.54, 1.807) is 23.1 Å². The van der Waals surface area contributed by atoms with Gasteiger partial charge in [-0.2, -0.15) is 0 Å². The lowest BCUT2D eigenvalue weighted by molar-refractivity contribution is -0.141. The van der Waals surface area contributed by atoms with Gasteiger partial charge in [0.2, 0.25) is 11.8 Å². The van der Waals surface area contributed by atoms with Crippen molar-refractivity contribution in [1.82, 2.24) is 10.2 Å². The molecule has 0 aromatic heterocycles. The summed E-state index contributed by atoms with van der Waals surface area (Å²) < 4.78 is 28.4. The number of rotatable bonds is 11. The van der Waals surface area contributed by atoms with Gasteiger partial charge in [-0.15, -0.1) is 0 Å². The minimum atomic E-state index is -3.72. The Morgan fingerprint density at radius 3 is 2.36 bits per heavy atom. The molecule has 1 saturated carbocycles. The zero-order valence-corrected chi connectivity index (χ0v) is 26.1. The maximum Gasteiger partial charge on any atom is 0.265 e. The fourth-order valence-corrected chi connectivity index (χ4v) is 8.43. The average Bonchev–Trinajstić information content (AvgIpc) is 3.61. The van der Waals surface area contributed by atoms with Gasteiger partial charge in [0.15, 0.2) is 0 Å². The quantitative estimate of drug-likeness (QED) is 0.206. The Balaban J connectivity index is 1.25. The van der Waals surface area contributed by atoms with Crippen molar-refractivity contribution in [3.63, 3.8) is 0 Å². The van der Waals surface area contributed by atoms with E-state index in [0.29, 0.717) is 28.4 Å². The lowest BCUT2D eigenvalue weighted by atomic mass is 10.0. The van der Waals surface area contributed by atoms with Crippen molar-refractivity contribution >= 4 is 49.9 Å². The predicted octanol–water partition coefficient (Wildman–Crippen LogP) is 6.48. The van der Waals surface area contributed by atoms with E-state index in [0.717, 1.165) is 47.6 Å². The summed E-state index contributed by atoms with van der Waals surface area (Å²) in [6.45, 7) is 0.367. The van der Waals surface area contributed by atoms with Crippen LogP contribution in [0.15, 0.2) is 95.9 Å². The summed E-state index contributed by atoms with van der Waals surface area (Å²) >= 11 is 6.30. The van der Waals surface area contributed by atoms with Crippen LogP contribution in [0.1, 0.15) is 49.7 Å².